The molecule has 2 aromatic carbocycles. The van der Waals surface area contributed by atoms with Crippen molar-refractivity contribution in [1.82, 2.24) is 10.2 Å². The van der Waals surface area contributed by atoms with Crippen LogP contribution in [0, 0.1) is 24.5 Å². The lowest BCUT2D eigenvalue weighted by Crippen LogP contribution is -2.71. The van der Waals surface area contributed by atoms with Crippen LogP contribution in [0.4, 0.5) is 8.78 Å². The van der Waals surface area contributed by atoms with Crippen LogP contribution in [-0.4, -0.2) is 61.6 Å². The zero-order valence-corrected chi connectivity index (χ0v) is 26.8. The van der Waals surface area contributed by atoms with Crippen LogP contribution in [0.25, 0.3) is 5.31 Å². The molecule has 4 rings (SSSR count). The van der Waals surface area contributed by atoms with Crippen molar-refractivity contribution in [1.29, 1.82) is 0 Å². The average Bonchev–Trinajstić information content (AvgIpc) is 2.89. The topological polar surface area (TPSA) is 58.6 Å². The van der Waals surface area contributed by atoms with Crippen LogP contribution in [0.2, 0.25) is 0 Å². The molecule has 0 bridgehead atoms. The van der Waals surface area contributed by atoms with E-state index in [0.717, 1.165) is 37.0 Å². The van der Waals surface area contributed by atoms with E-state index in [1.165, 1.54) is 12.1 Å². The van der Waals surface area contributed by atoms with E-state index in [1.807, 2.05) is 39.6 Å². The summed E-state index contributed by atoms with van der Waals surface area (Å²) >= 11 is 0. The second kappa shape index (κ2) is 14.6. The highest BCUT2D eigenvalue weighted by Crippen LogP contribution is 2.35. The molecule has 1 unspecified atom stereocenters. The van der Waals surface area contributed by atoms with Crippen molar-refractivity contribution in [3.63, 3.8) is 0 Å². The number of nitrogens with zero attached hydrogens (tertiary/aromatic N) is 1. The second-order valence-corrected chi connectivity index (χ2v) is 12.9. The Labute approximate surface area is 251 Å². The van der Waals surface area contributed by atoms with E-state index in [-0.39, 0.29) is 37.3 Å². The number of halogens is 2. The highest BCUT2D eigenvalue weighted by atomic mass is 31.1. The van der Waals surface area contributed by atoms with Gasteiger partial charge in [-0.3, -0.25) is 14.5 Å². The first-order valence-corrected chi connectivity index (χ1v) is 16.1. The Morgan fingerprint density at radius 1 is 1.17 bits per heavy atom. The minimum Gasteiger partial charge on any atom is -0.381 e. The molecule has 0 spiro atoms. The highest BCUT2D eigenvalue weighted by Gasteiger charge is 2.47. The Hall–Kier alpha value is -2.73. The molecular formula is C34H45F2N2O3P. The molecule has 2 aliphatic heterocycles. The number of carbonyl (C=O) groups is 2. The van der Waals surface area contributed by atoms with Gasteiger partial charge in [0.05, 0.1) is 18.8 Å². The van der Waals surface area contributed by atoms with Crippen LogP contribution in [0.5, 0.6) is 0 Å². The van der Waals surface area contributed by atoms with Gasteiger partial charge < -0.3 is 10.1 Å². The number of ketones is 1. The first-order chi connectivity index (χ1) is 19.9. The van der Waals surface area contributed by atoms with Crippen LogP contribution >= 0.6 is 8.58 Å². The SMILES string of the molecule is C=C(/C=C(\PC)c1ccc(F)cc1F)C(=O)NC1(CC(=O)CC(C)(C)c2cccc(C)c2)CN(CC2COC2)C1.CC. The lowest BCUT2D eigenvalue weighted by atomic mass is 9.76. The molecule has 1 atom stereocenters. The van der Waals surface area contributed by atoms with Gasteiger partial charge in [-0.25, -0.2) is 8.78 Å². The number of nitrogens with one attached hydrogen (secondary N) is 1. The molecule has 2 fully saturated rings. The molecule has 0 radical (unpaired) electrons. The summed E-state index contributed by atoms with van der Waals surface area (Å²) in [5.74, 6) is -1.17. The number of hydrogen-bond donors (Lipinski definition) is 1. The second-order valence-electron chi connectivity index (χ2n) is 11.9. The highest BCUT2D eigenvalue weighted by molar-refractivity contribution is 7.49. The molecule has 2 heterocycles. The number of likely N-dealkylation sites (tertiary alicyclic amines) is 1. The van der Waals surface area contributed by atoms with Gasteiger partial charge in [-0.15, -0.1) is 0 Å². The van der Waals surface area contributed by atoms with E-state index >= 15 is 0 Å². The van der Waals surface area contributed by atoms with Crippen molar-refractivity contribution in [2.75, 3.05) is 39.5 Å². The van der Waals surface area contributed by atoms with Gasteiger partial charge in [0, 0.05) is 55.6 Å². The monoisotopic (exact) mass is 598 g/mol. The molecule has 2 aliphatic rings. The van der Waals surface area contributed by atoms with Gasteiger partial charge in [0.15, 0.2) is 0 Å². The summed E-state index contributed by atoms with van der Waals surface area (Å²) < 4.78 is 33.1. The van der Waals surface area contributed by atoms with Crippen LogP contribution < -0.4 is 5.32 Å². The summed E-state index contributed by atoms with van der Waals surface area (Å²) in [6, 6.07) is 11.6. The van der Waals surface area contributed by atoms with Crippen molar-refractivity contribution in [3.05, 3.63) is 89.0 Å². The maximum absolute atomic E-state index is 14.4. The third-order valence-electron chi connectivity index (χ3n) is 7.73. The maximum atomic E-state index is 14.4. The Morgan fingerprint density at radius 3 is 2.43 bits per heavy atom. The minimum atomic E-state index is -0.700. The molecule has 0 aliphatic carbocycles. The van der Waals surface area contributed by atoms with Gasteiger partial charge >= 0.3 is 0 Å². The predicted molar refractivity (Wildman–Crippen MR) is 169 cm³/mol. The molecule has 5 nitrogen and oxygen atoms in total. The molecule has 8 heteroatoms. The van der Waals surface area contributed by atoms with Crippen molar-refractivity contribution in [3.8, 4) is 0 Å². The Bertz CT molecular complexity index is 1310. The van der Waals surface area contributed by atoms with E-state index in [0.29, 0.717) is 30.7 Å². The lowest BCUT2D eigenvalue weighted by molar-refractivity contribution is -0.129. The number of aryl methyl sites for hydroxylation is 1. The summed E-state index contributed by atoms with van der Waals surface area (Å²) in [5, 5.41) is 3.68. The number of Topliss-reactive ketones (excluding diaryl/α,β-unsaturated/α-hetero) is 1. The smallest absolute Gasteiger partial charge is 0.251 e. The fourth-order valence-corrected chi connectivity index (χ4v) is 6.37. The molecule has 0 aromatic heterocycles. The number of hydrogen-bond acceptors (Lipinski definition) is 4. The van der Waals surface area contributed by atoms with E-state index in [1.54, 1.807) is 6.08 Å². The van der Waals surface area contributed by atoms with Gasteiger partial charge in [0.25, 0.3) is 5.91 Å². The van der Waals surface area contributed by atoms with Gasteiger partial charge in [-0.05, 0) is 48.1 Å². The van der Waals surface area contributed by atoms with E-state index < -0.39 is 23.1 Å². The van der Waals surface area contributed by atoms with Gasteiger partial charge in [0.2, 0.25) is 0 Å². The first kappa shape index (κ1) is 33.8. The Morgan fingerprint density at radius 2 is 1.86 bits per heavy atom. The van der Waals surface area contributed by atoms with Gasteiger partial charge in [-0.2, -0.15) is 0 Å². The number of ether oxygens (including phenoxy) is 1. The Kier molecular flexibility index (Phi) is 11.8. The van der Waals surface area contributed by atoms with Crippen molar-refractivity contribution < 1.29 is 23.1 Å². The zero-order chi connectivity index (χ0) is 31.1. The molecule has 1 N–H and O–H groups in total. The third kappa shape index (κ3) is 8.65. The summed E-state index contributed by atoms with van der Waals surface area (Å²) in [6.07, 6.45) is 2.14. The average molecular weight is 599 g/mol. The van der Waals surface area contributed by atoms with E-state index in [4.69, 9.17) is 4.74 Å². The van der Waals surface area contributed by atoms with Crippen LogP contribution in [0.15, 0.2) is 60.7 Å². The fourth-order valence-electron chi connectivity index (χ4n) is 5.58. The minimum absolute atomic E-state index is 0.0868. The summed E-state index contributed by atoms with van der Waals surface area (Å²) in [4.78, 5) is 29.0. The molecule has 2 aromatic rings. The predicted octanol–water partition coefficient (Wildman–Crippen LogP) is 6.65. The van der Waals surface area contributed by atoms with Crippen molar-refractivity contribution in [2.45, 2.75) is 58.4 Å². The summed E-state index contributed by atoms with van der Waals surface area (Å²) in [7, 11) is 0.165. The largest absolute Gasteiger partial charge is 0.381 e. The molecule has 228 valence electrons. The van der Waals surface area contributed by atoms with Gasteiger partial charge in [-0.1, -0.05) is 72.7 Å². The number of amides is 1. The Balaban J connectivity index is 0.00000237. The number of carbonyl (C=O) groups excluding carboxylic acids is 2. The lowest BCUT2D eigenvalue weighted by Gasteiger charge is -2.52. The maximum Gasteiger partial charge on any atom is 0.251 e. The fraction of sp³-hybridized carbons (Fsp3) is 0.471. The first-order valence-electron chi connectivity index (χ1n) is 14.6. The van der Waals surface area contributed by atoms with Gasteiger partial charge in [0.1, 0.15) is 17.4 Å². The van der Waals surface area contributed by atoms with Crippen molar-refractivity contribution >= 4 is 25.6 Å². The zero-order valence-electron chi connectivity index (χ0n) is 25.8. The van der Waals surface area contributed by atoms with E-state index in [2.05, 4.69) is 42.8 Å². The molecule has 42 heavy (non-hydrogen) atoms. The normalized spacial score (nSPS) is 17.2. The van der Waals surface area contributed by atoms with E-state index in [9.17, 15) is 18.4 Å². The van der Waals surface area contributed by atoms with Crippen LogP contribution in [-0.2, 0) is 19.7 Å². The number of rotatable bonds is 12. The quantitative estimate of drug-likeness (QED) is 0.169. The molecule has 2 saturated heterocycles. The standard InChI is InChI=1S/C32H39F2N2O3P.C2H6/c1-21-7-6-8-24(11-21)31(3,4)14-26(37)15-32(19-36(20-32)16-23-17-39-18-23)35-30(38)22(2)12-29(40-5)27-10-9-25(33)13-28(27)34;1-2/h6-13,23,40H,2,14-20H2,1,3-5H3,(H,35,38);1-2H3/b29-12-;. The summed E-state index contributed by atoms with van der Waals surface area (Å²) in [6.45, 7) is 19.5. The third-order valence-corrected chi connectivity index (χ3v) is 8.68. The van der Waals surface area contributed by atoms with Crippen LogP contribution in [0.1, 0.15) is 57.2 Å². The molecule has 0 saturated carbocycles. The van der Waals surface area contributed by atoms with Crippen LogP contribution in [0.3, 0.4) is 0 Å². The molecular weight excluding hydrogens is 553 g/mol. The molecule has 1 amide bonds. The van der Waals surface area contributed by atoms with Crippen molar-refractivity contribution in [2.24, 2.45) is 5.92 Å². The number of benzene rings is 2. The summed E-state index contributed by atoms with van der Waals surface area (Å²) in [5.41, 5.74) is 1.63.